The zero-order valence-electron chi connectivity index (χ0n) is 14.1. The summed E-state index contributed by atoms with van der Waals surface area (Å²) >= 11 is 0. The Morgan fingerprint density at radius 1 is 1.26 bits per heavy atom. The summed E-state index contributed by atoms with van der Waals surface area (Å²) in [5.74, 6) is 0.991. The molecule has 8 nitrogen and oxygen atoms in total. The van der Waals surface area contributed by atoms with Gasteiger partial charge in [0.2, 0.25) is 0 Å². The van der Waals surface area contributed by atoms with E-state index in [0.717, 1.165) is 5.82 Å². The van der Waals surface area contributed by atoms with Crippen LogP contribution in [0.25, 0.3) is 0 Å². The molecule has 128 valence electrons. The number of aryl methyl sites for hydroxylation is 1. The van der Waals surface area contributed by atoms with Crippen molar-refractivity contribution in [3.8, 4) is 0 Å². The SMILES string of the molecule is CC(C)c1nc(S(=O)(=O)N[C@H](Cn2ccnn2)C(C)C)cn1C. The fourth-order valence-corrected chi connectivity index (χ4v) is 3.67. The number of aromatic nitrogens is 5. The minimum Gasteiger partial charge on any atom is -0.336 e. The molecule has 1 atom stereocenters. The van der Waals surface area contributed by atoms with Gasteiger partial charge in [0.05, 0.1) is 12.7 Å². The van der Waals surface area contributed by atoms with Gasteiger partial charge in [0.15, 0.2) is 5.03 Å². The molecule has 23 heavy (non-hydrogen) atoms. The van der Waals surface area contributed by atoms with Crippen LogP contribution >= 0.6 is 0 Å². The molecule has 0 fully saturated rings. The average Bonchev–Trinajstić information content (AvgIpc) is 3.07. The molecule has 9 heteroatoms. The lowest BCUT2D eigenvalue weighted by Gasteiger charge is -2.21. The number of sulfonamides is 1. The van der Waals surface area contributed by atoms with Crippen molar-refractivity contribution in [1.29, 1.82) is 0 Å². The van der Waals surface area contributed by atoms with Crippen LogP contribution in [0, 0.1) is 5.92 Å². The first-order valence-corrected chi connectivity index (χ1v) is 9.08. The van der Waals surface area contributed by atoms with E-state index in [1.807, 2.05) is 27.7 Å². The molecule has 0 spiro atoms. The molecule has 0 aromatic carbocycles. The number of nitrogens with one attached hydrogen (secondary N) is 1. The summed E-state index contributed by atoms with van der Waals surface area (Å²) in [4.78, 5) is 4.27. The van der Waals surface area contributed by atoms with Gasteiger partial charge < -0.3 is 4.57 Å². The molecule has 2 heterocycles. The molecule has 0 aliphatic carbocycles. The number of rotatable bonds is 7. The second kappa shape index (κ2) is 6.79. The zero-order valence-corrected chi connectivity index (χ0v) is 14.9. The lowest BCUT2D eigenvalue weighted by molar-refractivity contribution is 0.378. The van der Waals surface area contributed by atoms with Crippen LogP contribution in [0.1, 0.15) is 39.4 Å². The van der Waals surface area contributed by atoms with Crippen LogP contribution in [0.2, 0.25) is 0 Å². The predicted octanol–water partition coefficient (Wildman–Crippen LogP) is 1.14. The van der Waals surface area contributed by atoms with Crippen molar-refractivity contribution in [2.24, 2.45) is 13.0 Å². The Hall–Kier alpha value is -1.74. The van der Waals surface area contributed by atoms with E-state index in [1.54, 1.807) is 34.9 Å². The molecule has 0 radical (unpaired) electrons. The summed E-state index contributed by atoms with van der Waals surface area (Å²) < 4.78 is 31.4. The quantitative estimate of drug-likeness (QED) is 0.815. The molecule has 0 aliphatic rings. The Kier molecular flexibility index (Phi) is 5.20. The number of hydrogen-bond acceptors (Lipinski definition) is 5. The monoisotopic (exact) mass is 340 g/mol. The van der Waals surface area contributed by atoms with Crippen molar-refractivity contribution in [2.45, 2.75) is 51.2 Å². The van der Waals surface area contributed by atoms with E-state index < -0.39 is 10.0 Å². The molecule has 0 saturated heterocycles. The molecule has 0 saturated carbocycles. The minimum atomic E-state index is -3.69. The summed E-state index contributed by atoms with van der Waals surface area (Å²) in [6, 6.07) is -0.300. The van der Waals surface area contributed by atoms with Crippen molar-refractivity contribution in [2.75, 3.05) is 0 Å². The second-order valence-electron chi connectivity index (χ2n) is 6.30. The third-order valence-electron chi connectivity index (χ3n) is 3.65. The molecular weight excluding hydrogens is 316 g/mol. The van der Waals surface area contributed by atoms with Crippen molar-refractivity contribution >= 4 is 10.0 Å². The standard InChI is InChI=1S/C14H24N6O2S/c1-10(2)12(8-20-7-6-15-18-20)17-23(21,22)13-9-19(5)14(16-13)11(3)4/h6-7,9-12,17H,8H2,1-5H3/t12-/m1/s1. The maximum absolute atomic E-state index is 12.6. The van der Waals surface area contributed by atoms with Crippen LogP contribution in [0.15, 0.2) is 23.6 Å². The molecule has 2 rings (SSSR count). The normalized spacial score (nSPS) is 13.9. The van der Waals surface area contributed by atoms with Crippen molar-refractivity contribution < 1.29 is 8.42 Å². The largest absolute Gasteiger partial charge is 0.336 e. The van der Waals surface area contributed by atoms with Crippen LogP contribution in [-0.4, -0.2) is 39.0 Å². The van der Waals surface area contributed by atoms with Crippen LogP contribution in [-0.2, 0) is 23.6 Å². The van der Waals surface area contributed by atoms with Gasteiger partial charge in [0, 0.05) is 31.4 Å². The average molecular weight is 340 g/mol. The second-order valence-corrected chi connectivity index (χ2v) is 7.96. The van der Waals surface area contributed by atoms with Crippen LogP contribution < -0.4 is 4.72 Å². The third-order valence-corrected chi connectivity index (χ3v) is 5.01. The molecule has 0 aliphatic heterocycles. The van der Waals surface area contributed by atoms with Gasteiger partial charge >= 0.3 is 0 Å². The summed E-state index contributed by atoms with van der Waals surface area (Å²) in [6.07, 6.45) is 4.82. The molecule has 2 aromatic rings. The van der Waals surface area contributed by atoms with Crippen molar-refractivity contribution in [1.82, 2.24) is 29.3 Å². The topological polar surface area (TPSA) is 94.7 Å². The highest BCUT2D eigenvalue weighted by Gasteiger charge is 2.26. The number of nitrogens with zero attached hydrogens (tertiary/aromatic N) is 5. The third kappa shape index (κ3) is 4.17. The lowest BCUT2D eigenvalue weighted by atomic mass is 10.1. The van der Waals surface area contributed by atoms with E-state index in [4.69, 9.17) is 0 Å². The van der Waals surface area contributed by atoms with E-state index in [9.17, 15) is 8.42 Å². The van der Waals surface area contributed by atoms with Gasteiger partial charge in [-0.2, -0.15) is 0 Å². The Morgan fingerprint density at radius 3 is 2.43 bits per heavy atom. The maximum atomic E-state index is 12.6. The summed E-state index contributed by atoms with van der Waals surface area (Å²) in [5.41, 5.74) is 0. The van der Waals surface area contributed by atoms with Crippen molar-refractivity contribution in [3.63, 3.8) is 0 Å². The Labute approximate surface area is 137 Å². The van der Waals surface area contributed by atoms with Crippen LogP contribution in [0.3, 0.4) is 0 Å². The van der Waals surface area contributed by atoms with E-state index >= 15 is 0 Å². The predicted molar refractivity (Wildman–Crippen MR) is 86.3 cm³/mol. The number of hydrogen-bond donors (Lipinski definition) is 1. The van der Waals surface area contributed by atoms with E-state index in [0.29, 0.717) is 6.54 Å². The molecule has 0 amide bonds. The van der Waals surface area contributed by atoms with Gasteiger partial charge in [-0.15, -0.1) is 5.10 Å². The highest BCUT2D eigenvalue weighted by atomic mass is 32.2. The lowest BCUT2D eigenvalue weighted by Crippen LogP contribution is -2.41. The summed E-state index contributed by atoms with van der Waals surface area (Å²) in [6.45, 7) is 8.30. The molecule has 0 bridgehead atoms. The zero-order chi connectivity index (χ0) is 17.2. The van der Waals surface area contributed by atoms with Gasteiger partial charge in [0.25, 0.3) is 10.0 Å². The van der Waals surface area contributed by atoms with Gasteiger partial charge in [-0.1, -0.05) is 32.9 Å². The summed E-state index contributed by atoms with van der Waals surface area (Å²) in [5, 5.41) is 7.69. The van der Waals surface area contributed by atoms with Crippen LogP contribution in [0.5, 0.6) is 0 Å². The van der Waals surface area contributed by atoms with Gasteiger partial charge in [-0.05, 0) is 5.92 Å². The highest BCUT2D eigenvalue weighted by Crippen LogP contribution is 2.17. The Morgan fingerprint density at radius 2 is 1.96 bits per heavy atom. The molecule has 0 unspecified atom stereocenters. The van der Waals surface area contributed by atoms with E-state index in [2.05, 4.69) is 20.0 Å². The minimum absolute atomic E-state index is 0.0490. The Balaban J connectivity index is 2.22. The fraction of sp³-hybridized carbons (Fsp3) is 0.643. The maximum Gasteiger partial charge on any atom is 0.259 e. The van der Waals surface area contributed by atoms with E-state index in [-0.39, 0.29) is 22.9 Å². The Bertz CT molecular complexity index is 733. The van der Waals surface area contributed by atoms with Gasteiger partial charge in [-0.25, -0.2) is 18.1 Å². The van der Waals surface area contributed by atoms with Gasteiger partial charge in [-0.3, -0.25) is 4.68 Å². The first-order chi connectivity index (χ1) is 10.7. The molecular formula is C14H24N6O2S. The van der Waals surface area contributed by atoms with Crippen molar-refractivity contribution in [3.05, 3.63) is 24.4 Å². The highest BCUT2D eigenvalue weighted by molar-refractivity contribution is 7.89. The summed E-state index contributed by atoms with van der Waals surface area (Å²) in [7, 11) is -1.88. The van der Waals surface area contributed by atoms with E-state index in [1.165, 1.54) is 0 Å². The van der Waals surface area contributed by atoms with Gasteiger partial charge in [0.1, 0.15) is 5.82 Å². The first kappa shape index (κ1) is 17.6. The fourth-order valence-electron chi connectivity index (χ4n) is 2.29. The van der Waals surface area contributed by atoms with Crippen LogP contribution in [0.4, 0.5) is 0 Å². The first-order valence-electron chi connectivity index (χ1n) is 7.60. The smallest absolute Gasteiger partial charge is 0.259 e. The number of imidazole rings is 1. The molecule has 1 N–H and O–H groups in total. The molecule has 2 aromatic heterocycles.